The lowest BCUT2D eigenvalue weighted by atomic mass is 10.0. The Hall–Kier alpha value is -2.04. The second kappa shape index (κ2) is 4.33. The van der Waals surface area contributed by atoms with Crippen LogP contribution >= 0.6 is 0 Å². The van der Waals surface area contributed by atoms with Crippen LogP contribution in [0.3, 0.4) is 0 Å². The standard InChI is InChI=1S/C13H8F4O/c14-9-6-10(8-4-2-1-3-5-8)12(18)11(7-9)13(15,16)17/h1-7,18H. The van der Waals surface area contributed by atoms with Crippen molar-refractivity contribution in [2.75, 3.05) is 0 Å². The van der Waals surface area contributed by atoms with Gasteiger partial charge in [0, 0.05) is 5.56 Å². The molecular weight excluding hydrogens is 248 g/mol. The molecule has 0 spiro atoms. The smallest absolute Gasteiger partial charge is 0.420 e. The van der Waals surface area contributed by atoms with Crippen molar-refractivity contribution in [1.29, 1.82) is 0 Å². The van der Waals surface area contributed by atoms with Gasteiger partial charge >= 0.3 is 6.18 Å². The maximum atomic E-state index is 13.2. The molecule has 0 fully saturated rings. The van der Waals surface area contributed by atoms with Gasteiger partial charge in [0.1, 0.15) is 17.1 Å². The molecule has 94 valence electrons. The molecule has 0 aromatic heterocycles. The van der Waals surface area contributed by atoms with Crippen molar-refractivity contribution in [2.45, 2.75) is 6.18 Å². The topological polar surface area (TPSA) is 20.2 Å². The van der Waals surface area contributed by atoms with Crippen LogP contribution in [-0.2, 0) is 6.18 Å². The van der Waals surface area contributed by atoms with Gasteiger partial charge in [-0.2, -0.15) is 13.2 Å². The minimum absolute atomic E-state index is 0.178. The predicted octanol–water partition coefficient (Wildman–Crippen LogP) is 4.22. The zero-order valence-corrected chi connectivity index (χ0v) is 9.00. The van der Waals surface area contributed by atoms with Gasteiger partial charge in [-0.25, -0.2) is 4.39 Å². The largest absolute Gasteiger partial charge is 0.507 e. The first-order valence-corrected chi connectivity index (χ1v) is 5.04. The Morgan fingerprint density at radius 1 is 0.944 bits per heavy atom. The Labute approximate surface area is 100 Å². The highest BCUT2D eigenvalue weighted by atomic mass is 19.4. The number of aromatic hydroxyl groups is 1. The summed E-state index contributed by atoms with van der Waals surface area (Å²) >= 11 is 0. The number of benzene rings is 2. The Morgan fingerprint density at radius 3 is 2.11 bits per heavy atom. The molecule has 18 heavy (non-hydrogen) atoms. The number of halogens is 4. The molecule has 1 nitrogen and oxygen atoms in total. The SMILES string of the molecule is Oc1c(-c2ccccc2)cc(F)cc1C(F)(F)F. The number of phenolic OH excluding ortho intramolecular Hbond substituents is 1. The molecule has 2 aromatic rings. The van der Waals surface area contributed by atoms with Gasteiger partial charge in [-0.05, 0) is 17.7 Å². The predicted molar refractivity (Wildman–Crippen MR) is 58.5 cm³/mol. The summed E-state index contributed by atoms with van der Waals surface area (Å²) in [5, 5.41) is 9.62. The van der Waals surface area contributed by atoms with Crippen LogP contribution in [0.1, 0.15) is 5.56 Å². The Morgan fingerprint density at radius 2 is 1.56 bits per heavy atom. The van der Waals surface area contributed by atoms with E-state index in [1.165, 1.54) is 12.1 Å². The van der Waals surface area contributed by atoms with Crippen molar-refractivity contribution in [2.24, 2.45) is 0 Å². The molecule has 0 radical (unpaired) electrons. The molecule has 0 saturated carbocycles. The molecule has 0 unspecified atom stereocenters. The highest BCUT2D eigenvalue weighted by Crippen LogP contribution is 2.41. The van der Waals surface area contributed by atoms with E-state index in [1.807, 2.05) is 0 Å². The number of hydrogen-bond donors (Lipinski definition) is 1. The third-order valence-corrected chi connectivity index (χ3v) is 2.46. The van der Waals surface area contributed by atoms with Crippen molar-refractivity contribution in [3.05, 3.63) is 53.8 Å². The first-order valence-electron chi connectivity index (χ1n) is 5.04. The molecule has 2 aromatic carbocycles. The van der Waals surface area contributed by atoms with E-state index in [2.05, 4.69) is 0 Å². The first kappa shape index (κ1) is 12.4. The van der Waals surface area contributed by atoms with Gasteiger partial charge in [0.2, 0.25) is 0 Å². The summed E-state index contributed by atoms with van der Waals surface area (Å²) in [7, 11) is 0. The minimum Gasteiger partial charge on any atom is -0.507 e. The van der Waals surface area contributed by atoms with Crippen molar-refractivity contribution in [3.63, 3.8) is 0 Å². The third kappa shape index (κ3) is 2.30. The number of phenols is 1. The number of rotatable bonds is 1. The van der Waals surface area contributed by atoms with Gasteiger partial charge in [0.15, 0.2) is 0 Å². The van der Waals surface area contributed by atoms with E-state index < -0.39 is 23.3 Å². The molecule has 0 aliphatic heterocycles. The molecule has 2 rings (SSSR count). The van der Waals surface area contributed by atoms with E-state index in [1.54, 1.807) is 18.2 Å². The molecule has 0 aliphatic rings. The summed E-state index contributed by atoms with van der Waals surface area (Å²) in [4.78, 5) is 0. The average Bonchev–Trinajstić information content (AvgIpc) is 2.31. The van der Waals surface area contributed by atoms with E-state index in [-0.39, 0.29) is 11.6 Å². The summed E-state index contributed by atoms with van der Waals surface area (Å²) in [6.07, 6.45) is -4.80. The van der Waals surface area contributed by atoms with Gasteiger partial charge in [0.25, 0.3) is 0 Å². The molecule has 0 saturated heterocycles. The quantitative estimate of drug-likeness (QED) is 0.757. The first-order chi connectivity index (χ1) is 8.39. The summed E-state index contributed by atoms with van der Waals surface area (Å²) in [5.74, 6) is -2.01. The Bertz CT molecular complexity index is 561. The van der Waals surface area contributed by atoms with E-state index in [0.29, 0.717) is 5.56 Å². The van der Waals surface area contributed by atoms with Crippen molar-refractivity contribution >= 4 is 0 Å². The van der Waals surface area contributed by atoms with Crippen LogP contribution in [0.15, 0.2) is 42.5 Å². The van der Waals surface area contributed by atoms with E-state index in [9.17, 15) is 22.7 Å². The molecule has 0 amide bonds. The molecule has 0 heterocycles. The summed E-state index contributed by atoms with van der Waals surface area (Å²) in [6, 6.07) is 9.00. The normalized spacial score (nSPS) is 11.6. The molecule has 0 atom stereocenters. The van der Waals surface area contributed by atoms with Gasteiger partial charge in [-0.15, -0.1) is 0 Å². The van der Waals surface area contributed by atoms with Crippen LogP contribution in [0, 0.1) is 5.82 Å². The van der Waals surface area contributed by atoms with Crippen LogP contribution in [0.4, 0.5) is 17.6 Å². The van der Waals surface area contributed by atoms with E-state index >= 15 is 0 Å². The fourth-order valence-corrected chi connectivity index (χ4v) is 1.65. The highest BCUT2D eigenvalue weighted by molar-refractivity contribution is 5.72. The van der Waals surface area contributed by atoms with Crippen LogP contribution in [0.25, 0.3) is 11.1 Å². The molecule has 1 N–H and O–H groups in total. The lowest BCUT2D eigenvalue weighted by Gasteiger charge is -2.13. The molecule has 0 aliphatic carbocycles. The van der Waals surface area contributed by atoms with Gasteiger partial charge in [-0.3, -0.25) is 0 Å². The van der Waals surface area contributed by atoms with E-state index in [0.717, 1.165) is 6.07 Å². The summed E-state index contributed by atoms with van der Waals surface area (Å²) < 4.78 is 51.0. The van der Waals surface area contributed by atoms with Crippen molar-refractivity contribution in [3.8, 4) is 16.9 Å². The fraction of sp³-hybridized carbons (Fsp3) is 0.0769. The highest BCUT2D eigenvalue weighted by Gasteiger charge is 2.35. The average molecular weight is 256 g/mol. The second-order valence-electron chi connectivity index (χ2n) is 3.71. The van der Waals surface area contributed by atoms with Crippen LogP contribution in [-0.4, -0.2) is 5.11 Å². The molecule has 5 heteroatoms. The third-order valence-electron chi connectivity index (χ3n) is 2.46. The van der Waals surface area contributed by atoms with Gasteiger partial charge in [-0.1, -0.05) is 30.3 Å². The zero-order chi connectivity index (χ0) is 13.3. The lowest BCUT2D eigenvalue weighted by Crippen LogP contribution is -2.06. The number of alkyl halides is 3. The lowest BCUT2D eigenvalue weighted by molar-refractivity contribution is -0.138. The molecular formula is C13H8F4O. The maximum Gasteiger partial charge on any atom is 0.420 e. The van der Waals surface area contributed by atoms with Gasteiger partial charge < -0.3 is 5.11 Å². The minimum atomic E-state index is -4.80. The van der Waals surface area contributed by atoms with E-state index in [4.69, 9.17) is 0 Å². The van der Waals surface area contributed by atoms with Gasteiger partial charge in [0.05, 0.1) is 0 Å². The fourth-order valence-electron chi connectivity index (χ4n) is 1.65. The molecule has 0 bridgehead atoms. The monoisotopic (exact) mass is 256 g/mol. The van der Waals surface area contributed by atoms with Crippen LogP contribution < -0.4 is 0 Å². The maximum absolute atomic E-state index is 13.2. The summed E-state index contributed by atoms with van der Waals surface area (Å²) in [6.45, 7) is 0. The van der Waals surface area contributed by atoms with Crippen molar-refractivity contribution in [1.82, 2.24) is 0 Å². The van der Waals surface area contributed by atoms with Crippen molar-refractivity contribution < 1.29 is 22.7 Å². The number of hydrogen-bond acceptors (Lipinski definition) is 1. The summed E-state index contributed by atoms with van der Waals surface area (Å²) in [5.41, 5.74) is -1.23. The Balaban J connectivity index is 2.67. The Kier molecular flexibility index (Phi) is 2.98. The van der Waals surface area contributed by atoms with Crippen LogP contribution in [0.2, 0.25) is 0 Å². The van der Waals surface area contributed by atoms with Crippen LogP contribution in [0.5, 0.6) is 5.75 Å². The zero-order valence-electron chi connectivity index (χ0n) is 9.00. The second-order valence-corrected chi connectivity index (χ2v) is 3.71.